The van der Waals surface area contributed by atoms with Crippen molar-refractivity contribution in [2.45, 2.75) is 13.0 Å². The number of urea groups is 1. The number of hydrogen-bond donors (Lipinski definition) is 3. The first-order valence-corrected chi connectivity index (χ1v) is 7.00. The predicted octanol–water partition coefficient (Wildman–Crippen LogP) is 3.36. The molecular formula is C15H17ClN4O. The lowest BCUT2D eigenvalue weighted by Crippen LogP contribution is -2.40. The smallest absolute Gasteiger partial charge is 0.319 e. The van der Waals surface area contributed by atoms with Gasteiger partial charge in [-0.1, -0.05) is 29.8 Å². The highest BCUT2D eigenvalue weighted by Crippen LogP contribution is 2.17. The number of hydrogen-bond acceptors (Lipinski definition) is 3. The molecule has 5 nitrogen and oxygen atoms in total. The van der Waals surface area contributed by atoms with Gasteiger partial charge < -0.3 is 16.0 Å². The van der Waals surface area contributed by atoms with Gasteiger partial charge in [-0.2, -0.15) is 0 Å². The van der Waals surface area contributed by atoms with Crippen LogP contribution in [-0.4, -0.2) is 23.6 Å². The summed E-state index contributed by atoms with van der Waals surface area (Å²) in [5.74, 6) is 0. The maximum Gasteiger partial charge on any atom is 0.319 e. The minimum atomic E-state index is -0.313. The first kappa shape index (κ1) is 15.1. The fourth-order valence-electron chi connectivity index (χ4n) is 1.74. The molecule has 3 N–H and O–H groups in total. The average molecular weight is 305 g/mol. The number of nitrogens with one attached hydrogen (secondary N) is 3. The van der Waals surface area contributed by atoms with Crippen molar-refractivity contribution in [2.24, 2.45) is 0 Å². The quantitative estimate of drug-likeness (QED) is 0.742. The molecule has 0 bridgehead atoms. The number of carbonyl (C=O) groups excluding carboxylic acids is 1. The lowest BCUT2D eigenvalue weighted by atomic mass is 10.3. The topological polar surface area (TPSA) is 66.0 Å². The van der Waals surface area contributed by atoms with Crippen molar-refractivity contribution in [1.82, 2.24) is 10.3 Å². The molecule has 0 unspecified atom stereocenters. The highest BCUT2D eigenvalue weighted by molar-refractivity contribution is 6.32. The summed E-state index contributed by atoms with van der Waals surface area (Å²) in [4.78, 5) is 15.7. The second kappa shape index (κ2) is 7.50. The SMILES string of the molecule is C[C@@H](CNc1ccccc1)NC(=O)Nc1cccnc1Cl. The number of nitrogens with zero attached hydrogens (tertiary/aromatic N) is 1. The van der Waals surface area contributed by atoms with Crippen molar-refractivity contribution in [2.75, 3.05) is 17.2 Å². The standard InChI is InChI=1S/C15H17ClN4O/c1-11(10-18-12-6-3-2-4-7-12)19-15(21)20-13-8-5-9-17-14(13)16/h2-9,11,18H,10H2,1H3,(H2,19,20,21)/t11-/m0/s1. The molecule has 0 saturated carbocycles. The number of para-hydroxylation sites is 1. The maximum absolute atomic E-state index is 11.9. The maximum atomic E-state index is 11.9. The van der Waals surface area contributed by atoms with Crippen LogP contribution in [0, 0.1) is 0 Å². The molecule has 0 spiro atoms. The van der Waals surface area contributed by atoms with Crippen LogP contribution < -0.4 is 16.0 Å². The van der Waals surface area contributed by atoms with Crippen LogP contribution >= 0.6 is 11.6 Å². The number of amides is 2. The molecule has 2 aromatic rings. The predicted molar refractivity (Wildman–Crippen MR) is 85.8 cm³/mol. The van der Waals surface area contributed by atoms with E-state index in [0.29, 0.717) is 12.2 Å². The molecule has 21 heavy (non-hydrogen) atoms. The minimum absolute atomic E-state index is 0.0411. The molecule has 2 amide bonds. The largest absolute Gasteiger partial charge is 0.383 e. The normalized spacial score (nSPS) is 11.5. The molecule has 0 saturated heterocycles. The Hall–Kier alpha value is -2.27. The van der Waals surface area contributed by atoms with Crippen molar-refractivity contribution in [1.29, 1.82) is 0 Å². The summed E-state index contributed by atoms with van der Waals surface area (Å²) in [6.07, 6.45) is 1.57. The third kappa shape index (κ3) is 4.96. The van der Waals surface area contributed by atoms with Crippen molar-refractivity contribution in [3.8, 4) is 0 Å². The lowest BCUT2D eigenvalue weighted by molar-refractivity contribution is 0.249. The van der Waals surface area contributed by atoms with E-state index >= 15 is 0 Å². The van der Waals surface area contributed by atoms with E-state index in [9.17, 15) is 4.79 Å². The number of benzene rings is 1. The number of rotatable bonds is 5. The van der Waals surface area contributed by atoms with Crippen LogP contribution in [0.3, 0.4) is 0 Å². The zero-order valence-electron chi connectivity index (χ0n) is 11.6. The van der Waals surface area contributed by atoms with Crippen LogP contribution in [-0.2, 0) is 0 Å². The summed E-state index contributed by atoms with van der Waals surface area (Å²) in [6.45, 7) is 2.54. The fraction of sp³-hybridized carbons (Fsp3) is 0.200. The van der Waals surface area contributed by atoms with Gasteiger partial charge in [0.25, 0.3) is 0 Å². The van der Waals surface area contributed by atoms with Gasteiger partial charge in [0.1, 0.15) is 0 Å². The van der Waals surface area contributed by atoms with Gasteiger partial charge in [0, 0.05) is 24.5 Å². The number of anilines is 2. The summed E-state index contributed by atoms with van der Waals surface area (Å²) in [6, 6.07) is 12.9. The second-order valence-electron chi connectivity index (χ2n) is 4.59. The van der Waals surface area contributed by atoms with Gasteiger partial charge in [-0.05, 0) is 31.2 Å². The number of halogens is 1. The van der Waals surface area contributed by atoms with Crippen LogP contribution in [0.15, 0.2) is 48.7 Å². The number of carbonyl (C=O) groups is 1. The molecular weight excluding hydrogens is 288 g/mol. The summed E-state index contributed by atoms with van der Waals surface area (Å²) >= 11 is 5.88. The van der Waals surface area contributed by atoms with Crippen molar-refractivity contribution in [3.05, 3.63) is 53.8 Å². The zero-order chi connectivity index (χ0) is 15.1. The Labute approximate surface area is 128 Å². The van der Waals surface area contributed by atoms with E-state index < -0.39 is 0 Å². The van der Waals surface area contributed by atoms with E-state index in [2.05, 4.69) is 20.9 Å². The van der Waals surface area contributed by atoms with Gasteiger partial charge in [0.05, 0.1) is 5.69 Å². The second-order valence-corrected chi connectivity index (χ2v) is 4.95. The summed E-state index contributed by atoms with van der Waals surface area (Å²) in [5, 5.41) is 9.00. The van der Waals surface area contributed by atoms with E-state index in [-0.39, 0.29) is 17.2 Å². The lowest BCUT2D eigenvalue weighted by Gasteiger charge is -2.16. The van der Waals surface area contributed by atoms with Crippen molar-refractivity contribution >= 4 is 29.0 Å². The van der Waals surface area contributed by atoms with E-state index in [0.717, 1.165) is 5.69 Å². The van der Waals surface area contributed by atoms with Crippen LogP contribution in [0.1, 0.15) is 6.92 Å². The summed E-state index contributed by atoms with van der Waals surface area (Å²) in [7, 11) is 0. The molecule has 1 heterocycles. The molecule has 6 heteroatoms. The molecule has 0 fully saturated rings. The number of aromatic nitrogens is 1. The molecule has 0 aliphatic rings. The van der Waals surface area contributed by atoms with Crippen LogP contribution in [0.25, 0.3) is 0 Å². The highest BCUT2D eigenvalue weighted by Gasteiger charge is 2.09. The molecule has 0 aliphatic carbocycles. The van der Waals surface area contributed by atoms with Gasteiger partial charge in [0.15, 0.2) is 5.15 Å². The monoisotopic (exact) mass is 304 g/mol. The van der Waals surface area contributed by atoms with Crippen molar-refractivity contribution < 1.29 is 4.79 Å². The third-order valence-corrected chi connectivity index (χ3v) is 3.07. The Kier molecular flexibility index (Phi) is 5.40. The van der Waals surface area contributed by atoms with Crippen LogP contribution in [0.5, 0.6) is 0 Å². The first-order valence-electron chi connectivity index (χ1n) is 6.62. The van der Waals surface area contributed by atoms with Gasteiger partial charge in [-0.25, -0.2) is 9.78 Å². The van der Waals surface area contributed by atoms with Gasteiger partial charge in [-0.15, -0.1) is 0 Å². The Morgan fingerprint density at radius 1 is 1.24 bits per heavy atom. The Morgan fingerprint density at radius 3 is 2.71 bits per heavy atom. The van der Waals surface area contributed by atoms with E-state index in [1.165, 1.54) is 0 Å². The molecule has 1 atom stereocenters. The van der Waals surface area contributed by atoms with Crippen LogP contribution in [0.2, 0.25) is 5.15 Å². The number of pyridine rings is 1. The fourth-order valence-corrected chi connectivity index (χ4v) is 1.91. The molecule has 2 rings (SSSR count). The van der Waals surface area contributed by atoms with E-state index in [1.807, 2.05) is 37.3 Å². The molecule has 1 aromatic heterocycles. The summed E-state index contributed by atoms with van der Waals surface area (Å²) < 4.78 is 0. The third-order valence-electron chi connectivity index (χ3n) is 2.77. The Morgan fingerprint density at radius 2 is 2.00 bits per heavy atom. The van der Waals surface area contributed by atoms with Gasteiger partial charge in [-0.3, -0.25) is 0 Å². The molecule has 0 radical (unpaired) electrons. The Bertz CT molecular complexity index is 591. The first-order chi connectivity index (χ1) is 10.1. The van der Waals surface area contributed by atoms with Crippen molar-refractivity contribution in [3.63, 3.8) is 0 Å². The molecule has 0 aliphatic heterocycles. The van der Waals surface area contributed by atoms with Crippen LogP contribution in [0.4, 0.5) is 16.2 Å². The minimum Gasteiger partial charge on any atom is -0.383 e. The highest BCUT2D eigenvalue weighted by atomic mass is 35.5. The summed E-state index contributed by atoms with van der Waals surface area (Å²) in [5.41, 5.74) is 1.50. The van der Waals surface area contributed by atoms with E-state index in [1.54, 1.807) is 18.3 Å². The zero-order valence-corrected chi connectivity index (χ0v) is 12.4. The van der Waals surface area contributed by atoms with E-state index in [4.69, 9.17) is 11.6 Å². The van der Waals surface area contributed by atoms with Gasteiger partial charge >= 0.3 is 6.03 Å². The Balaban J connectivity index is 1.78. The molecule has 1 aromatic carbocycles. The average Bonchev–Trinajstić information content (AvgIpc) is 2.48. The molecule has 110 valence electrons. The van der Waals surface area contributed by atoms with Gasteiger partial charge in [0.2, 0.25) is 0 Å².